The molecular formula is C17H20N2. The number of rotatable bonds is 4. The quantitative estimate of drug-likeness (QED) is 0.876. The van der Waals surface area contributed by atoms with Crippen molar-refractivity contribution in [2.24, 2.45) is 0 Å². The average Bonchev–Trinajstić information content (AvgIpc) is 2.46. The lowest BCUT2D eigenvalue weighted by molar-refractivity contribution is 1.13. The molecule has 19 heavy (non-hydrogen) atoms. The maximum absolute atomic E-state index is 3.44. The van der Waals surface area contributed by atoms with Gasteiger partial charge in [-0.05, 0) is 36.8 Å². The molecule has 0 atom stereocenters. The monoisotopic (exact) mass is 252 g/mol. The molecule has 0 amide bonds. The highest BCUT2D eigenvalue weighted by Crippen LogP contribution is 2.21. The maximum Gasteiger partial charge on any atom is 0.0414 e. The van der Waals surface area contributed by atoms with Gasteiger partial charge in [-0.15, -0.1) is 0 Å². The van der Waals surface area contributed by atoms with Gasteiger partial charge in [-0.2, -0.15) is 0 Å². The number of nitrogens with one attached hydrogen (secondary N) is 1. The van der Waals surface area contributed by atoms with Crippen molar-refractivity contribution in [2.75, 3.05) is 24.3 Å². The SMILES string of the molecule is CC=C(Nc1ccccc1)c1ccc(N(C)C)cc1. The van der Waals surface area contributed by atoms with Gasteiger partial charge in [-0.1, -0.05) is 36.4 Å². The summed E-state index contributed by atoms with van der Waals surface area (Å²) in [5, 5.41) is 3.44. The van der Waals surface area contributed by atoms with Crippen LogP contribution in [0.2, 0.25) is 0 Å². The Hall–Kier alpha value is -2.22. The normalized spacial score (nSPS) is 11.2. The third kappa shape index (κ3) is 3.38. The van der Waals surface area contributed by atoms with Gasteiger partial charge in [-0.25, -0.2) is 0 Å². The summed E-state index contributed by atoms with van der Waals surface area (Å²) in [4.78, 5) is 2.10. The molecule has 0 unspecified atom stereocenters. The molecular weight excluding hydrogens is 232 g/mol. The number of nitrogens with zero attached hydrogens (tertiary/aromatic N) is 1. The fourth-order valence-electron chi connectivity index (χ4n) is 1.93. The summed E-state index contributed by atoms with van der Waals surface area (Å²) in [6.07, 6.45) is 2.09. The smallest absolute Gasteiger partial charge is 0.0414 e. The first-order valence-corrected chi connectivity index (χ1v) is 6.47. The van der Waals surface area contributed by atoms with E-state index in [2.05, 4.69) is 52.7 Å². The molecule has 0 heterocycles. The van der Waals surface area contributed by atoms with Crippen LogP contribution in [0.5, 0.6) is 0 Å². The number of hydrogen-bond acceptors (Lipinski definition) is 2. The lowest BCUT2D eigenvalue weighted by atomic mass is 10.1. The molecule has 2 nitrogen and oxygen atoms in total. The summed E-state index contributed by atoms with van der Waals surface area (Å²) in [6, 6.07) is 18.8. The zero-order valence-corrected chi connectivity index (χ0v) is 11.7. The van der Waals surface area contributed by atoms with Gasteiger partial charge < -0.3 is 10.2 Å². The van der Waals surface area contributed by atoms with Crippen LogP contribution in [0.3, 0.4) is 0 Å². The number of anilines is 2. The van der Waals surface area contributed by atoms with Gasteiger partial charge in [0.1, 0.15) is 0 Å². The minimum atomic E-state index is 1.10. The Labute approximate surface area is 115 Å². The molecule has 0 aromatic heterocycles. The first-order chi connectivity index (χ1) is 9.20. The third-order valence-electron chi connectivity index (χ3n) is 3.04. The summed E-state index contributed by atoms with van der Waals surface area (Å²) >= 11 is 0. The molecule has 1 N–H and O–H groups in total. The van der Waals surface area contributed by atoms with Gasteiger partial charge >= 0.3 is 0 Å². The molecule has 0 radical (unpaired) electrons. The number of allylic oxidation sites excluding steroid dienone is 1. The van der Waals surface area contributed by atoms with Crippen molar-refractivity contribution in [1.29, 1.82) is 0 Å². The van der Waals surface area contributed by atoms with Crippen molar-refractivity contribution in [3.05, 3.63) is 66.2 Å². The van der Waals surface area contributed by atoms with Crippen LogP contribution >= 0.6 is 0 Å². The highest BCUT2D eigenvalue weighted by Gasteiger charge is 2.02. The van der Waals surface area contributed by atoms with Crippen molar-refractivity contribution in [3.63, 3.8) is 0 Å². The molecule has 2 rings (SSSR count). The Morgan fingerprint density at radius 3 is 2.11 bits per heavy atom. The van der Waals surface area contributed by atoms with Gasteiger partial charge in [0.2, 0.25) is 0 Å². The maximum atomic E-state index is 3.44. The van der Waals surface area contributed by atoms with E-state index >= 15 is 0 Å². The van der Waals surface area contributed by atoms with Crippen molar-refractivity contribution in [1.82, 2.24) is 0 Å². The largest absolute Gasteiger partial charge is 0.378 e. The molecule has 2 aromatic rings. The second-order valence-electron chi connectivity index (χ2n) is 4.63. The van der Waals surface area contributed by atoms with Gasteiger partial charge in [0.25, 0.3) is 0 Å². The zero-order valence-electron chi connectivity index (χ0n) is 11.7. The van der Waals surface area contributed by atoms with Crippen LogP contribution in [-0.4, -0.2) is 14.1 Å². The van der Waals surface area contributed by atoms with E-state index in [9.17, 15) is 0 Å². The second-order valence-corrected chi connectivity index (χ2v) is 4.63. The zero-order chi connectivity index (χ0) is 13.7. The van der Waals surface area contributed by atoms with Crippen molar-refractivity contribution >= 4 is 17.1 Å². The van der Waals surface area contributed by atoms with Crippen LogP contribution in [0.15, 0.2) is 60.7 Å². The molecule has 0 bridgehead atoms. The Morgan fingerprint density at radius 1 is 0.947 bits per heavy atom. The van der Waals surface area contributed by atoms with Crippen molar-refractivity contribution < 1.29 is 0 Å². The molecule has 0 fully saturated rings. The van der Waals surface area contributed by atoms with Gasteiger partial charge in [-0.3, -0.25) is 0 Å². The minimum Gasteiger partial charge on any atom is -0.378 e. The van der Waals surface area contributed by atoms with Crippen LogP contribution in [0, 0.1) is 0 Å². The highest BCUT2D eigenvalue weighted by atomic mass is 15.1. The summed E-state index contributed by atoms with van der Waals surface area (Å²) in [6.45, 7) is 2.05. The van der Waals surface area contributed by atoms with Crippen LogP contribution < -0.4 is 10.2 Å². The fourth-order valence-corrected chi connectivity index (χ4v) is 1.93. The molecule has 0 saturated heterocycles. The molecule has 0 aliphatic heterocycles. The third-order valence-corrected chi connectivity index (χ3v) is 3.04. The van der Waals surface area contributed by atoms with E-state index in [1.165, 1.54) is 11.3 Å². The topological polar surface area (TPSA) is 15.3 Å². The van der Waals surface area contributed by atoms with Crippen LogP contribution in [0.25, 0.3) is 5.70 Å². The molecule has 0 aliphatic carbocycles. The number of hydrogen-bond donors (Lipinski definition) is 1. The molecule has 98 valence electrons. The Balaban J connectivity index is 2.19. The summed E-state index contributed by atoms with van der Waals surface area (Å²) in [5.41, 5.74) is 4.62. The van der Waals surface area contributed by atoms with E-state index in [1.54, 1.807) is 0 Å². The summed E-state index contributed by atoms with van der Waals surface area (Å²) < 4.78 is 0. The molecule has 2 aromatic carbocycles. The number of para-hydroxylation sites is 1. The van der Waals surface area contributed by atoms with Crippen molar-refractivity contribution in [3.8, 4) is 0 Å². The predicted molar refractivity (Wildman–Crippen MR) is 84.5 cm³/mol. The van der Waals surface area contributed by atoms with Crippen LogP contribution in [0.1, 0.15) is 12.5 Å². The standard InChI is InChI=1S/C17H20N2/c1-4-17(18-15-8-6-5-7-9-15)14-10-12-16(13-11-14)19(2)3/h4-13,18H,1-3H3. The van der Waals surface area contributed by atoms with Gasteiger partial charge in [0.15, 0.2) is 0 Å². The van der Waals surface area contributed by atoms with Crippen LogP contribution in [0.4, 0.5) is 11.4 Å². The lowest BCUT2D eigenvalue weighted by Crippen LogP contribution is -2.08. The van der Waals surface area contributed by atoms with Gasteiger partial charge in [0, 0.05) is 31.2 Å². The molecule has 0 spiro atoms. The summed E-state index contributed by atoms with van der Waals surface area (Å²) in [5.74, 6) is 0. The second kappa shape index (κ2) is 6.10. The van der Waals surface area contributed by atoms with Gasteiger partial charge in [0.05, 0.1) is 0 Å². The number of benzene rings is 2. The lowest BCUT2D eigenvalue weighted by Gasteiger charge is -2.15. The molecule has 0 aliphatic rings. The van der Waals surface area contributed by atoms with E-state index in [1.807, 2.05) is 39.2 Å². The minimum absolute atomic E-state index is 1.10. The fraction of sp³-hybridized carbons (Fsp3) is 0.176. The van der Waals surface area contributed by atoms with E-state index in [4.69, 9.17) is 0 Å². The van der Waals surface area contributed by atoms with E-state index in [0.29, 0.717) is 0 Å². The highest BCUT2D eigenvalue weighted by molar-refractivity contribution is 5.77. The Bertz CT molecular complexity index is 539. The van der Waals surface area contributed by atoms with Crippen molar-refractivity contribution in [2.45, 2.75) is 6.92 Å². The first-order valence-electron chi connectivity index (χ1n) is 6.47. The Kier molecular flexibility index (Phi) is 4.24. The first kappa shape index (κ1) is 13.2. The molecule has 0 saturated carbocycles. The van der Waals surface area contributed by atoms with E-state index in [-0.39, 0.29) is 0 Å². The average molecular weight is 252 g/mol. The molecule has 2 heteroatoms. The van der Waals surface area contributed by atoms with Crippen LogP contribution in [-0.2, 0) is 0 Å². The predicted octanol–water partition coefficient (Wildman–Crippen LogP) is 4.23. The summed E-state index contributed by atoms with van der Waals surface area (Å²) in [7, 11) is 4.10. The van der Waals surface area contributed by atoms with E-state index in [0.717, 1.165) is 11.4 Å². The van der Waals surface area contributed by atoms with E-state index < -0.39 is 0 Å². The Morgan fingerprint density at radius 2 is 1.58 bits per heavy atom.